The standard InChI is InChI=1S/C22H22ClN3O2/c23-19-6-3-15(4-7-19)13-25-21(27)18-2-1-11-26(14-18)22(28)17-5-8-20-16(12-17)9-10-24-20/h3-10,12,18,24H,1-2,11,13-14H2,(H,25,27). The molecule has 0 saturated carbocycles. The number of carbonyl (C=O) groups is 2. The SMILES string of the molecule is O=C(NCc1ccc(Cl)cc1)C1CCCN(C(=O)c2ccc3[nH]ccc3c2)C1. The second kappa shape index (κ2) is 8.07. The van der Waals surface area contributed by atoms with E-state index in [1.807, 2.05) is 54.7 Å². The van der Waals surface area contributed by atoms with E-state index in [0.29, 0.717) is 30.2 Å². The number of piperidine rings is 1. The Morgan fingerprint density at radius 3 is 2.79 bits per heavy atom. The minimum Gasteiger partial charge on any atom is -0.361 e. The Labute approximate surface area is 168 Å². The number of likely N-dealkylation sites (tertiary alicyclic amines) is 1. The van der Waals surface area contributed by atoms with Crippen molar-refractivity contribution in [1.82, 2.24) is 15.2 Å². The molecule has 1 aliphatic rings. The maximum Gasteiger partial charge on any atom is 0.253 e. The molecule has 1 atom stereocenters. The summed E-state index contributed by atoms with van der Waals surface area (Å²) < 4.78 is 0. The summed E-state index contributed by atoms with van der Waals surface area (Å²) in [5.74, 6) is -0.201. The molecule has 28 heavy (non-hydrogen) atoms. The van der Waals surface area contributed by atoms with Crippen LogP contribution in [0, 0.1) is 5.92 Å². The number of hydrogen-bond donors (Lipinski definition) is 2. The predicted molar refractivity (Wildman–Crippen MR) is 110 cm³/mol. The van der Waals surface area contributed by atoms with E-state index >= 15 is 0 Å². The van der Waals surface area contributed by atoms with Gasteiger partial charge in [0.1, 0.15) is 0 Å². The van der Waals surface area contributed by atoms with Gasteiger partial charge >= 0.3 is 0 Å². The summed E-state index contributed by atoms with van der Waals surface area (Å²) in [5, 5.41) is 4.67. The number of halogens is 1. The number of fused-ring (bicyclic) bond motifs is 1. The minimum absolute atomic E-state index is 0.00598. The summed E-state index contributed by atoms with van der Waals surface area (Å²) in [7, 11) is 0. The van der Waals surface area contributed by atoms with Crippen LogP contribution in [0.15, 0.2) is 54.7 Å². The highest BCUT2D eigenvalue weighted by molar-refractivity contribution is 6.30. The van der Waals surface area contributed by atoms with Crippen molar-refractivity contribution < 1.29 is 9.59 Å². The fraction of sp³-hybridized carbons (Fsp3) is 0.273. The molecule has 144 valence electrons. The maximum atomic E-state index is 12.9. The van der Waals surface area contributed by atoms with E-state index in [1.165, 1.54) is 0 Å². The number of H-pyrrole nitrogens is 1. The fourth-order valence-corrected chi connectivity index (χ4v) is 3.81. The van der Waals surface area contributed by atoms with E-state index < -0.39 is 0 Å². The number of benzene rings is 2. The Bertz CT molecular complexity index is 996. The number of carbonyl (C=O) groups excluding carboxylic acids is 2. The molecule has 2 amide bonds. The zero-order valence-corrected chi connectivity index (χ0v) is 16.2. The second-order valence-corrected chi connectivity index (χ2v) is 7.65. The van der Waals surface area contributed by atoms with Gasteiger partial charge in [-0.05, 0) is 54.8 Å². The molecule has 0 aliphatic carbocycles. The molecule has 5 nitrogen and oxygen atoms in total. The number of aromatic amines is 1. The molecule has 2 N–H and O–H groups in total. The molecule has 3 aromatic rings. The van der Waals surface area contributed by atoms with Gasteiger partial charge in [0.05, 0.1) is 5.92 Å². The zero-order valence-electron chi connectivity index (χ0n) is 15.5. The highest BCUT2D eigenvalue weighted by Crippen LogP contribution is 2.21. The van der Waals surface area contributed by atoms with Crippen LogP contribution in [0.1, 0.15) is 28.8 Å². The van der Waals surface area contributed by atoms with Gasteiger partial charge in [-0.2, -0.15) is 0 Å². The fourth-order valence-electron chi connectivity index (χ4n) is 3.68. The van der Waals surface area contributed by atoms with Crippen molar-refractivity contribution in [1.29, 1.82) is 0 Å². The van der Waals surface area contributed by atoms with Crippen LogP contribution in [0.4, 0.5) is 0 Å². The number of amides is 2. The van der Waals surface area contributed by atoms with Crippen LogP contribution in [0.5, 0.6) is 0 Å². The van der Waals surface area contributed by atoms with Gasteiger partial charge in [0, 0.05) is 47.3 Å². The van der Waals surface area contributed by atoms with Crippen molar-refractivity contribution in [3.63, 3.8) is 0 Å². The highest BCUT2D eigenvalue weighted by atomic mass is 35.5. The molecular weight excluding hydrogens is 374 g/mol. The molecular formula is C22H22ClN3O2. The Morgan fingerprint density at radius 1 is 1.14 bits per heavy atom. The van der Waals surface area contributed by atoms with E-state index in [4.69, 9.17) is 11.6 Å². The molecule has 1 aliphatic heterocycles. The molecule has 6 heteroatoms. The lowest BCUT2D eigenvalue weighted by Crippen LogP contribution is -2.45. The average Bonchev–Trinajstić information content (AvgIpc) is 3.20. The molecule has 1 fully saturated rings. The topological polar surface area (TPSA) is 65.2 Å². The Morgan fingerprint density at radius 2 is 1.96 bits per heavy atom. The first-order valence-electron chi connectivity index (χ1n) is 9.49. The first kappa shape index (κ1) is 18.6. The Balaban J connectivity index is 1.38. The largest absolute Gasteiger partial charge is 0.361 e. The molecule has 0 spiro atoms. The first-order chi connectivity index (χ1) is 13.6. The summed E-state index contributed by atoms with van der Waals surface area (Å²) in [6.07, 6.45) is 3.49. The smallest absolute Gasteiger partial charge is 0.253 e. The first-order valence-corrected chi connectivity index (χ1v) is 9.86. The van der Waals surface area contributed by atoms with Crippen LogP contribution in [0.2, 0.25) is 5.02 Å². The van der Waals surface area contributed by atoms with Gasteiger partial charge in [-0.25, -0.2) is 0 Å². The summed E-state index contributed by atoms with van der Waals surface area (Å²) in [6.45, 7) is 1.60. The molecule has 0 radical (unpaired) electrons. The summed E-state index contributed by atoms with van der Waals surface area (Å²) in [5.41, 5.74) is 2.67. The van der Waals surface area contributed by atoms with Crippen molar-refractivity contribution >= 4 is 34.3 Å². The number of hydrogen-bond acceptors (Lipinski definition) is 2. The number of nitrogens with one attached hydrogen (secondary N) is 2. The Kier molecular flexibility index (Phi) is 5.35. The predicted octanol–water partition coefficient (Wildman–Crippen LogP) is 3.99. The van der Waals surface area contributed by atoms with Crippen LogP contribution in [-0.2, 0) is 11.3 Å². The van der Waals surface area contributed by atoms with Gasteiger partial charge in [0.25, 0.3) is 5.91 Å². The van der Waals surface area contributed by atoms with E-state index in [-0.39, 0.29) is 17.7 Å². The van der Waals surface area contributed by atoms with Crippen LogP contribution >= 0.6 is 11.6 Å². The number of nitrogens with zero attached hydrogens (tertiary/aromatic N) is 1. The van der Waals surface area contributed by atoms with Crippen molar-refractivity contribution in [3.05, 3.63) is 70.9 Å². The van der Waals surface area contributed by atoms with E-state index in [1.54, 1.807) is 4.90 Å². The molecule has 2 heterocycles. The van der Waals surface area contributed by atoms with E-state index in [9.17, 15) is 9.59 Å². The normalized spacial score (nSPS) is 16.9. The van der Waals surface area contributed by atoms with Crippen molar-refractivity contribution in [2.24, 2.45) is 5.92 Å². The van der Waals surface area contributed by atoms with E-state index in [2.05, 4.69) is 10.3 Å². The van der Waals surface area contributed by atoms with Crippen LogP contribution < -0.4 is 5.32 Å². The second-order valence-electron chi connectivity index (χ2n) is 7.21. The molecule has 1 aromatic heterocycles. The van der Waals surface area contributed by atoms with Crippen molar-refractivity contribution in [2.75, 3.05) is 13.1 Å². The van der Waals surface area contributed by atoms with Crippen LogP contribution in [0.3, 0.4) is 0 Å². The van der Waals surface area contributed by atoms with Crippen LogP contribution in [0.25, 0.3) is 10.9 Å². The monoisotopic (exact) mass is 395 g/mol. The van der Waals surface area contributed by atoms with Crippen molar-refractivity contribution in [2.45, 2.75) is 19.4 Å². The third kappa shape index (κ3) is 4.04. The summed E-state index contributed by atoms with van der Waals surface area (Å²) in [6, 6.07) is 15.0. The molecule has 4 rings (SSSR count). The molecule has 2 aromatic carbocycles. The number of rotatable bonds is 4. The third-order valence-electron chi connectivity index (χ3n) is 5.26. The lowest BCUT2D eigenvalue weighted by atomic mass is 9.96. The summed E-state index contributed by atoms with van der Waals surface area (Å²) >= 11 is 5.89. The molecule has 1 saturated heterocycles. The van der Waals surface area contributed by atoms with Gasteiger partial charge < -0.3 is 15.2 Å². The molecule has 1 unspecified atom stereocenters. The van der Waals surface area contributed by atoms with Crippen molar-refractivity contribution in [3.8, 4) is 0 Å². The quantitative estimate of drug-likeness (QED) is 0.701. The lowest BCUT2D eigenvalue weighted by Gasteiger charge is -2.32. The Hall–Kier alpha value is -2.79. The van der Waals surface area contributed by atoms with Gasteiger partial charge in [-0.15, -0.1) is 0 Å². The minimum atomic E-state index is -0.180. The third-order valence-corrected chi connectivity index (χ3v) is 5.51. The lowest BCUT2D eigenvalue weighted by molar-refractivity contribution is -0.126. The van der Waals surface area contributed by atoms with Crippen LogP contribution in [-0.4, -0.2) is 34.8 Å². The van der Waals surface area contributed by atoms with Gasteiger partial charge in [0.2, 0.25) is 5.91 Å². The zero-order chi connectivity index (χ0) is 19.5. The maximum absolute atomic E-state index is 12.9. The van der Waals surface area contributed by atoms with Gasteiger partial charge in [0.15, 0.2) is 0 Å². The highest BCUT2D eigenvalue weighted by Gasteiger charge is 2.28. The summed E-state index contributed by atoms with van der Waals surface area (Å²) in [4.78, 5) is 30.4. The van der Waals surface area contributed by atoms with Gasteiger partial charge in [-0.1, -0.05) is 23.7 Å². The van der Waals surface area contributed by atoms with E-state index in [0.717, 1.165) is 29.3 Å². The van der Waals surface area contributed by atoms with Gasteiger partial charge in [-0.3, -0.25) is 9.59 Å². The number of aromatic nitrogens is 1. The average molecular weight is 396 g/mol. The molecule has 0 bridgehead atoms.